The third-order valence-corrected chi connectivity index (χ3v) is 3.15. The summed E-state index contributed by atoms with van der Waals surface area (Å²) in [5, 5.41) is 2.35. The van der Waals surface area contributed by atoms with Gasteiger partial charge in [-0.1, -0.05) is 30.3 Å². The van der Waals surface area contributed by atoms with E-state index in [0.717, 1.165) is 15.6 Å². The Morgan fingerprint density at radius 3 is 2.75 bits per heavy atom. The summed E-state index contributed by atoms with van der Waals surface area (Å²) in [7, 11) is 0. The van der Waals surface area contributed by atoms with Crippen LogP contribution in [0.5, 0.6) is 5.75 Å². The average Bonchev–Trinajstić information content (AvgIpc) is 2.28. The zero-order valence-electron chi connectivity index (χ0n) is 9.11. The normalized spacial score (nSPS) is 12.7. The first-order valence-corrected chi connectivity index (χ1v) is 6.03. The Morgan fingerprint density at radius 1 is 1.25 bits per heavy atom. The second-order valence-electron chi connectivity index (χ2n) is 3.89. The number of hydrogen-bond donors (Lipinski definition) is 1. The van der Waals surface area contributed by atoms with Crippen molar-refractivity contribution in [2.24, 2.45) is 5.73 Å². The van der Waals surface area contributed by atoms with Crippen LogP contribution in [0.25, 0.3) is 10.8 Å². The van der Waals surface area contributed by atoms with Gasteiger partial charge in [0.1, 0.15) is 12.4 Å². The van der Waals surface area contributed by atoms with Gasteiger partial charge in [-0.05, 0) is 39.7 Å². The van der Waals surface area contributed by atoms with Gasteiger partial charge < -0.3 is 10.5 Å². The van der Waals surface area contributed by atoms with Gasteiger partial charge in [0.05, 0.1) is 4.47 Å². The summed E-state index contributed by atoms with van der Waals surface area (Å²) in [6, 6.07) is 12.2. The molecule has 2 aromatic carbocycles. The molecule has 0 aliphatic carbocycles. The van der Waals surface area contributed by atoms with Crippen LogP contribution in [-0.4, -0.2) is 12.6 Å². The molecule has 0 aliphatic heterocycles. The zero-order chi connectivity index (χ0) is 11.5. The molecule has 1 unspecified atom stereocenters. The van der Waals surface area contributed by atoms with E-state index in [4.69, 9.17) is 10.5 Å². The lowest BCUT2D eigenvalue weighted by molar-refractivity contribution is 0.295. The van der Waals surface area contributed by atoms with Gasteiger partial charge >= 0.3 is 0 Å². The Hall–Kier alpha value is -1.06. The number of ether oxygens (including phenoxy) is 1. The molecule has 0 heterocycles. The third-order valence-electron chi connectivity index (χ3n) is 2.33. The van der Waals surface area contributed by atoms with E-state index in [1.54, 1.807) is 0 Å². The highest BCUT2D eigenvalue weighted by atomic mass is 79.9. The first kappa shape index (κ1) is 11.4. The highest BCUT2D eigenvalue weighted by Gasteiger charge is 2.06. The molecule has 3 heteroatoms. The fraction of sp³-hybridized carbons (Fsp3) is 0.231. The van der Waals surface area contributed by atoms with Crippen LogP contribution >= 0.6 is 15.9 Å². The van der Waals surface area contributed by atoms with Gasteiger partial charge in [-0.2, -0.15) is 0 Å². The van der Waals surface area contributed by atoms with Gasteiger partial charge in [0.25, 0.3) is 0 Å². The molecular formula is C13H14BrNO. The van der Waals surface area contributed by atoms with E-state index in [1.807, 2.05) is 25.1 Å². The van der Waals surface area contributed by atoms with E-state index in [0.29, 0.717) is 6.61 Å². The Labute approximate surface area is 104 Å². The lowest BCUT2D eigenvalue weighted by Crippen LogP contribution is -2.23. The highest BCUT2D eigenvalue weighted by Crippen LogP contribution is 2.32. The molecule has 0 aliphatic rings. The van der Waals surface area contributed by atoms with Gasteiger partial charge in [0.15, 0.2) is 0 Å². The topological polar surface area (TPSA) is 35.2 Å². The Kier molecular flexibility index (Phi) is 3.46. The molecule has 16 heavy (non-hydrogen) atoms. The second-order valence-corrected chi connectivity index (χ2v) is 4.68. The van der Waals surface area contributed by atoms with Gasteiger partial charge in [-0.3, -0.25) is 0 Å². The number of rotatable bonds is 3. The fourth-order valence-corrected chi connectivity index (χ4v) is 2.15. The molecule has 0 fully saturated rings. The van der Waals surface area contributed by atoms with Gasteiger partial charge in [-0.15, -0.1) is 0 Å². The van der Waals surface area contributed by atoms with Crippen molar-refractivity contribution in [1.82, 2.24) is 0 Å². The average molecular weight is 280 g/mol. The summed E-state index contributed by atoms with van der Waals surface area (Å²) in [5.41, 5.74) is 5.66. The van der Waals surface area contributed by atoms with Gasteiger partial charge in [0, 0.05) is 6.04 Å². The predicted octanol–water partition coefficient (Wildman–Crippen LogP) is 3.33. The summed E-state index contributed by atoms with van der Waals surface area (Å²) in [5.74, 6) is 0.844. The van der Waals surface area contributed by atoms with Crippen LogP contribution in [0, 0.1) is 0 Å². The summed E-state index contributed by atoms with van der Waals surface area (Å²) >= 11 is 3.57. The first-order valence-electron chi connectivity index (χ1n) is 5.24. The zero-order valence-corrected chi connectivity index (χ0v) is 10.7. The van der Waals surface area contributed by atoms with Crippen molar-refractivity contribution in [2.45, 2.75) is 13.0 Å². The molecule has 0 radical (unpaired) electrons. The highest BCUT2D eigenvalue weighted by molar-refractivity contribution is 9.10. The van der Waals surface area contributed by atoms with Crippen LogP contribution in [-0.2, 0) is 0 Å². The number of halogens is 1. The number of benzene rings is 2. The minimum atomic E-state index is 0.0402. The van der Waals surface area contributed by atoms with E-state index < -0.39 is 0 Å². The van der Waals surface area contributed by atoms with Crippen LogP contribution < -0.4 is 10.5 Å². The van der Waals surface area contributed by atoms with Crippen LogP contribution in [0.1, 0.15) is 6.92 Å². The number of nitrogens with two attached hydrogens (primary N) is 1. The number of hydrogen-bond acceptors (Lipinski definition) is 2. The van der Waals surface area contributed by atoms with Crippen LogP contribution in [0.15, 0.2) is 40.9 Å². The van der Waals surface area contributed by atoms with Crippen LogP contribution in [0.2, 0.25) is 0 Å². The quantitative estimate of drug-likeness (QED) is 0.936. The fourth-order valence-electron chi connectivity index (χ4n) is 1.55. The van der Waals surface area contributed by atoms with Crippen molar-refractivity contribution in [1.29, 1.82) is 0 Å². The molecule has 1 atom stereocenters. The largest absolute Gasteiger partial charge is 0.491 e. The molecule has 0 amide bonds. The van der Waals surface area contributed by atoms with E-state index in [-0.39, 0.29) is 6.04 Å². The summed E-state index contributed by atoms with van der Waals surface area (Å²) in [4.78, 5) is 0. The molecule has 0 spiro atoms. The van der Waals surface area contributed by atoms with Crippen molar-refractivity contribution >= 4 is 26.7 Å². The van der Waals surface area contributed by atoms with E-state index >= 15 is 0 Å². The van der Waals surface area contributed by atoms with E-state index in [1.165, 1.54) is 5.39 Å². The van der Waals surface area contributed by atoms with Crippen LogP contribution in [0.3, 0.4) is 0 Å². The molecule has 0 bridgehead atoms. The minimum Gasteiger partial charge on any atom is -0.491 e. The van der Waals surface area contributed by atoms with Crippen LogP contribution in [0.4, 0.5) is 0 Å². The predicted molar refractivity (Wildman–Crippen MR) is 70.8 cm³/mol. The van der Waals surface area contributed by atoms with Crippen molar-refractivity contribution in [3.63, 3.8) is 0 Å². The van der Waals surface area contributed by atoms with Gasteiger partial charge in [0.2, 0.25) is 0 Å². The first-order chi connectivity index (χ1) is 7.68. The molecule has 2 N–H and O–H groups in total. The lowest BCUT2D eigenvalue weighted by atomic mass is 10.1. The Morgan fingerprint density at radius 2 is 2.00 bits per heavy atom. The molecule has 2 nitrogen and oxygen atoms in total. The molecular weight excluding hydrogens is 266 g/mol. The Balaban J connectivity index is 2.37. The summed E-state index contributed by atoms with van der Waals surface area (Å²) in [6.45, 7) is 2.45. The molecule has 2 rings (SSSR count). The summed E-state index contributed by atoms with van der Waals surface area (Å²) < 4.78 is 6.63. The molecule has 2 aromatic rings. The molecule has 84 valence electrons. The monoisotopic (exact) mass is 279 g/mol. The van der Waals surface area contributed by atoms with Gasteiger partial charge in [-0.25, -0.2) is 0 Å². The lowest BCUT2D eigenvalue weighted by Gasteiger charge is -2.11. The molecule has 0 saturated carbocycles. The third kappa shape index (κ3) is 2.36. The smallest absolute Gasteiger partial charge is 0.134 e. The van der Waals surface area contributed by atoms with E-state index in [2.05, 4.69) is 34.1 Å². The number of fused-ring (bicyclic) bond motifs is 1. The molecule has 0 saturated heterocycles. The standard InChI is InChI=1S/C13H14BrNO/c1-9(15)8-16-12-7-6-10-4-2-3-5-11(10)13(12)14/h2-7,9H,8,15H2,1H3. The summed E-state index contributed by atoms with van der Waals surface area (Å²) in [6.07, 6.45) is 0. The maximum atomic E-state index is 5.66. The molecule has 0 aromatic heterocycles. The van der Waals surface area contributed by atoms with Crippen molar-refractivity contribution in [3.8, 4) is 5.75 Å². The SMILES string of the molecule is CC(N)COc1ccc2ccccc2c1Br. The van der Waals surface area contributed by atoms with E-state index in [9.17, 15) is 0 Å². The van der Waals surface area contributed by atoms with Crippen molar-refractivity contribution in [2.75, 3.05) is 6.61 Å². The van der Waals surface area contributed by atoms with Crippen molar-refractivity contribution < 1.29 is 4.74 Å². The maximum Gasteiger partial charge on any atom is 0.134 e. The Bertz CT molecular complexity index is 496. The minimum absolute atomic E-state index is 0.0402. The second kappa shape index (κ2) is 4.85. The van der Waals surface area contributed by atoms with Crippen molar-refractivity contribution in [3.05, 3.63) is 40.9 Å². The maximum absolute atomic E-state index is 5.66.